The second kappa shape index (κ2) is 7.75. The molecule has 1 unspecified atom stereocenters. The maximum Gasteiger partial charge on any atom is 0.291 e. The second-order valence-electron chi connectivity index (χ2n) is 7.52. The van der Waals surface area contributed by atoms with E-state index in [-0.39, 0.29) is 24.1 Å². The lowest BCUT2D eigenvalue weighted by Crippen LogP contribution is -2.41. The molecular weight excluding hydrogens is 401 g/mol. The van der Waals surface area contributed by atoms with Gasteiger partial charge in [-0.2, -0.15) is 4.39 Å². The number of morpholine rings is 1. The molecule has 1 fully saturated rings. The number of rotatable bonds is 3. The molecule has 0 spiro atoms. The number of aromatic nitrogens is 2. The smallest absolute Gasteiger partial charge is 0.291 e. The van der Waals surface area contributed by atoms with Crippen molar-refractivity contribution in [3.05, 3.63) is 51.3 Å². The fraction of sp³-hybridized carbons (Fsp3) is 0.450. The number of fused-ring (bicyclic) bond motifs is 1. The van der Waals surface area contributed by atoms with Crippen LogP contribution in [0.15, 0.2) is 16.9 Å². The van der Waals surface area contributed by atoms with E-state index in [2.05, 4.69) is 4.98 Å². The highest BCUT2D eigenvalue weighted by molar-refractivity contribution is 5.97. The van der Waals surface area contributed by atoms with E-state index in [1.165, 1.54) is 11.9 Å². The number of benzene rings is 1. The number of halogens is 3. The lowest BCUT2D eigenvalue weighted by Gasteiger charge is -2.28. The number of anilines is 2. The van der Waals surface area contributed by atoms with E-state index in [1.807, 2.05) is 0 Å². The van der Waals surface area contributed by atoms with Crippen LogP contribution in [-0.4, -0.2) is 47.8 Å². The lowest BCUT2D eigenvalue weighted by molar-refractivity contribution is -0.118. The highest BCUT2D eigenvalue weighted by atomic mass is 19.2. The van der Waals surface area contributed by atoms with Gasteiger partial charge >= 0.3 is 0 Å². The molecule has 10 heteroatoms. The SMILES string of the molecule is CC1Cc2cc(F)c(F)cc2N1C(=O)Cc1nc(N2CCOCC2)c(F)c(=O)n1C. The fourth-order valence-electron chi connectivity index (χ4n) is 3.96. The average molecular weight is 422 g/mol. The third-order valence-electron chi connectivity index (χ3n) is 5.54. The Morgan fingerprint density at radius 3 is 2.57 bits per heavy atom. The van der Waals surface area contributed by atoms with Crippen LogP contribution < -0.4 is 15.4 Å². The van der Waals surface area contributed by atoms with Gasteiger partial charge in [-0.25, -0.2) is 13.8 Å². The highest BCUT2D eigenvalue weighted by Crippen LogP contribution is 2.34. The molecule has 1 atom stereocenters. The van der Waals surface area contributed by atoms with Crippen molar-refractivity contribution in [2.45, 2.75) is 25.8 Å². The van der Waals surface area contributed by atoms with Crippen molar-refractivity contribution in [1.29, 1.82) is 0 Å². The number of hydrogen-bond donors (Lipinski definition) is 0. The Bertz CT molecular complexity index is 1070. The monoisotopic (exact) mass is 422 g/mol. The van der Waals surface area contributed by atoms with Gasteiger partial charge in [-0.05, 0) is 25.0 Å². The third kappa shape index (κ3) is 3.45. The summed E-state index contributed by atoms with van der Waals surface area (Å²) in [5, 5.41) is 0. The van der Waals surface area contributed by atoms with Crippen LogP contribution in [0.2, 0.25) is 0 Å². The normalized spacial score (nSPS) is 18.6. The van der Waals surface area contributed by atoms with E-state index in [9.17, 15) is 22.8 Å². The van der Waals surface area contributed by atoms with Crippen LogP contribution in [0.3, 0.4) is 0 Å². The van der Waals surface area contributed by atoms with Gasteiger partial charge in [0.2, 0.25) is 11.7 Å². The van der Waals surface area contributed by atoms with Gasteiger partial charge in [0, 0.05) is 32.2 Å². The topological polar surface area (TPSA) is 67.7 Å². The summed E-state index contributed by atoms with van der Waals surface area (Å²) in [6, 6.07) is 1.78. The first-order chi connectivity index (χ1) is 14.3. The van der Waals surface area contributed by atoms with Crippen LogP contribution in [0.5, 0.6) is 0 Å². The summed E-state index contributed by atoms with van der Waals surface area (Å²) in [6.07, 6.45) is 0.0964. The van der Waals surface area contributed by atoms with Crippen LogP contribution in [0.4, 0.5) is 24.7 Å². The number of amides is 1. The van der Waals surface area contributed by atoms with Crippen molar-refractivity contribution in [1.82, 2.24) is 9.55 Å². The molecular formula is C20H21F3N4O3. The van der Waals surface area contributed by atoms with Crippen molar-refractivity contribution >= 4 is 17.4 Å². The van der Waals surface area contributed by atoms with Crippen molar-refractivity contribution in [3.8, 4) is 0 Å². The Morgan fingerprint density at radius 1 is 1.20 bits per heavy atom. The summed E-state index contributed by atoms with van der Waals surface area (Å²) in [4.78, 5) is 32.7. The first kappa shape index (κ1) is 20.4. The van der Waals surface area contributed by atoms with Gasteiger partial charge in [-0.15, -0.1) is 0 Å². The molecule has 0 aliphatic carbocycles. The summed E-state index contributed by atoms with van der Waals surface area (Å²) in [6.45, 7) is 3.30. The van der Waals surface area contributed by atoms with E-state index in [0.717, 1.165) is 16.7 Å². The average Bonchev–Trinajstić information content (AvgIpc) is 3.04. The summed E-state index contributed by atoms with van der Waals surface area (Å²) in [5.41, 5.74) is -0.0473. The molecule has 0 N–H and O–H groups in total. The fourth-order valence-corrected chi connectivity index (χ4v) is 3.96. The van der Waals surface area contributed by atoms with Crippen LogP contribution in [0, 0.1) is 17.5 Å². The quantitative estimate of drug-likeness (QED) is 0.751. The molecule has 0 radical (unpaired) electrons. The highest BCUT2D eigenvalue weighted by Gasteiger charge is 2.33. The molecule has 2 aromatic rings. The minimum absolute atomic E-state index is 0.0936. The Kier molecular flexibility index (Phi) is 5.27. The summed E-state index contributed by atoms with van der Waals surface area (Å²) < 4.78 is 48.1. The maximum atomic E-state index is 14.6. The zero-order valence-electron chi connectivity index (χ0n) is 16.6. The van der Waals surface area contributed by atoms with Crippen LogP contribution in [0.1, 0.15) is 18.3 Å². The van der Waals surface area contributed by atoms with Crippen molar-refractivity contribution in [3.63, 3.8) is 0 Å². The zero-order chi connectivity index (χ0) is 21.6. The van der Waals surface area contributed by atoms with Gasteiger partial charge in [-0.3, -0.25) is 14.2 Å². The molecule has 160 valence electrons. The third-order valence-corrected chi connectivity index (χ3v) is 5.54. The minimum atomic E-state index is -1.04. The van der Waals surface area contributed by atoms with E-state index in [0.29, 0.717) is 44.0 Å². The molecule has 1 amide bonds. The number of hydrogen-bond acceptors (Lipinski definition) is 5. The molecule has 7 nitrogen and oxygen atoms in total. The van der Waals surface area contributed by atoms with E-state index < -0.39 is 28.9 Å². The van der Waals surface area contributed by atoms with Gasteiger partial charge in [0.15, 0.2) is 17.5 Å². The first-order valence-corrected chi connectivity index (χ1v) is 9.66. The van der Waals surface area contributed by atoms with Crippen LogP contribution >= 0.6 is 0 Å². The number of ether oxygens (including phenoxy) is 1. The molecule has 2 aliphatic heterocycles. The van der Waals surface area contributed by atoms with Crippen molar-refractivity contribution in [2.24, 2.45) is 7.05 Å². The Labute approximate surface area is 170 Å². The molecule has 2 aliphatic rings. The predicted molar refractivity (Wildman–Crippen MR) is 103 cm³/mol. The van der Waals surface area contributed by atoms with Crippen LogP contribution in [-0.2, 0) is 29.4 Å². The molecule has 0 saturated carbocycles. The largest absolute Gasteiger partial charge is 0.378 e. The second-order valence-corrected chi connectivity index (χ2v) is 7.52. The lowest BCUT2D eigenvalue weighted by atomic mass is 10.1. The number of carbonyl (C=O) groups is 1. The molecule has 1 aromatic carbocycles. The number of carbonyl (C=O) groups excluding carboxylic acids is 1. The van der Waals surface area contributed by atoms with Crippen molar-refractivity contribution in [2.75, 3.05) is 36.1 Å². The standard InChI is InChI=1S/C20H21F3N4O3/c1-11-7-12-8-13(21)14(22)9-15(12)27(11)17(28)10-16-24-19(18(23)20(29)25(16)2)26-3-5-30-6-4-26/h8-9,11H,3-7,10H2,1-2H3. The van der Waals surface area contributed by atoms with Crippen molar-refractivity contribution < 1.29 is 22.7 Å². The van der Waals surface area contributed by atoms with Gasteiger partial charge in [0.1, 0.15) is 5.82 Å². The zero-order valence-corrected chi connectivity index (χ0v) is 16.6. The molecule has 3 heterocycles. The number of nitrogens with zero attached hydrogens (tertiary/aromatic N) is 4. The Balaban J connectivity index is 1.66. The molecule has 0 bridgehead atoms. The van der Waals surface area contributed by atoms with Crippen LogP contribution in [0.25, 0.3) is 0 Å². The molecule has 1 saturated heterocycles. The Morgan fingerprint density at radius 2 is 1.87 bits per heavy atom. The summed E-state index contributed by atoms with van der Waals surface area (Å²) in [5.74, 6) is -3.43. The van der Waals surface area contributed by atoms with E-state index in [4.69, 9.17) is 4.74 Å². The van der Waals surface area contributed by atoms with Gasteiger partial charge < -0.3 is 14.5 Å². The molecule has 1 aromatic heterocycles. The van der Waals surface area contributed by atoms with E-state index >= 15 is 0 Å². The summed E-state index contributed by atoms with van der Waals surface area (Å²) >= 11 is 0. The van der Waals surface area contributed by atoms with E-state index in [1.54, 1.807) is 11.8 Å². The first-order valence-electron chi connectivity index (χ1n) is 9.66. The summed E-state index contributed by atoms with van der Waals surface area (Å²) in [7, 11) is 1.35. The molecule has 4 rings (SSSR count). The van der Waals surface area contributed by atoms with Gasteiger partial charge in [-0.1, -0.05) is 0 Å². The maximum absolute atomic E-state index is 14.6. The minimum Gasteiger partial charge on any atom is -0.378 e. The predicted octanol–water partition coefficient (Wildman–Crippen LogP) is 1.55. The van der Waals surface area contributed by atoms with Gasteiger partial charge in [0.05, 0.1) is 25.3 Å². The Hall–Kier alpha value is -2.88. The van der Waals surface area contributed by atoms with Gasteiger partial charge in [0.25, 0.3) is 5.56 Å². The molecule has 30 heavy (non-hydrogen) atoms.